The van der Waals surface area contributed by atoms with Gasteiger partial charge in [0.05, 0.1) is 0 Å². The minimum Gasteiger partial charge on any atom is -0.313 e. The number of nitrogens with one attached hydrogen (secondary N) is 1. The van der Waals surface area contributed by atoms with Crippen LogP contribution in [0.5, 0.6) is 0 Å². The van der Waals surface area contributed by atoms with Crippen molar-refractivity contribution in [3.8, 4) is 0 Å². The molecular formula is C13H16BrN. The van der Waals surface area contributed by atoms with E-state index in [0.29, 0.717) is 5.41 Å². The summed E-state index contributed by atoms with van der Waals surface area (Å²) in [5.74, 6) is 0. The zero-order valence-electron chi connectivity index (χ0n) is 8.80. The van der Waals surface area contributed by atoms with Gasteiger partial charge in [-0.2, -0.15) is 0 Å². The van der Waals surface area contributed by atoms with Crippen LogP contribution in [0.4, 0.5) is 0 Å². The molecule has 0 aliphatic heterocycles. The van der Waals surface area contributed by atoms with E-state index in [-0.39, 0.29) is 0 Å². The number of hydrogen-bond acceptors (Lipinski definition) is 1. The van der Waals surface area contributed by atoms with E-state index in [0.717, 1.165) is 6.04 Å². The Kier molecular flexibility index (Phi) is 2.37. The molecule has 2 fully saturated rings. The molecule has 0 aromatic heterocycles. The van der Waals surface area contributed by atoms with Gasteiger partial charge in [-0.1, -0.05) is 34.1 Å². The highest BCUT2D eigenvalue weighted by molar-refractivity contribution is 9.10. The van der Waals surface area contributed by atoms with E-state index < -0.39 is 0 Å². The fourth-order valence-corrected chi connectivity index (χ4v) is 2.92. The van der Waals surface area contributed by atoms with E-state index in [1.165, 1.54) is 42.3 Å². The Morgan fingerprint density at radius 3 is 2.60 bits per heavy atom. The fraction of sp³-hybridized carbons (Fsp3) is 0.538. The van der Waals surface area contributed by atoms with Crippen molar-refractivity contribution < 1.29 is 0 Å². The number of benzene rings is 1. The summed E-state index contributed by atoms with van der Waals surface area (Å²) in [6, 6.07) is 9.50. The van der Waals surface area contributed by atoms with Gasteiger partial charge in [0.25, 0.3) is 0 Å². The van der Waals surface area contributed by atoms with Gasteiger partial charge in [-0.3, -0.25) is 0 Å². The van der Waals surface area contributed by atoms with Crippen LogP contribution in [0.15, 0.2) is 28.7 Å². The maximum absolute atomic E-state index is 3.67. The van der Waals surface area contributed by atoms with E-state index in [1.54, 1.807) is 0 Å². The first-order valence-corrected chi connectivity index (χ1v) is 6.58. The largest absolute Gasteiger partial charge is 0.313 e. The van der Waals surface area contributed by atoms with Crippen LogP contribution in [0.2, 0.25) is 0 Å². The lowest BCUT2D eigenvalue weighted by Gasteiger charge is -2.18. The predicted molar refractivity (Wildman–Crippen MR) is 66.1 cm³/mol. The molecule has 0 bridgehead atoms. The molecule has 1 aromatic carbocycles. The van der Waals surface area contributed by atoms with Gasteiger partial charge in [0, 0.05) is 22.5 Å². The highest BCUT2D eigenvalue weighted by Crippen LogP contribution is 2.50. The maximum Gasteiger partial charge on any atom is 0.0213 e. The molecule has 0 unspecified atom stereocenters. The fourth-order valence-electron chi connectivity index (χ4n) is 2.21. The number of rotatable bonds is 4. The second-order valence-corrected chi connectivity index (χ2v) is 5.77. The molecule has 0 amide bonds. The average Bonchev–Trinajstić information content (AvgIpc) is 3.12. The highest BCUT2D eigenvalue weighted by atomic mass is 79.9. The van der Waals surface area contributed by atoms with E-state index in [4.69, 9.17) is 0 Å². The predicted octanol–water partition coefficient (Wildman–Crippen LogP) is 3.23. The summed E-state index contributed by atoms with van der Waals surface area (Å²) < 4.78 is 1.28. The molecule has 3 rings (SSSR count). The minimum absolute atomic E-state index is 0.447. The minimum atomic E-state index is 0.447. The SMILES string of the molecule is Brc1ccccc1C1(CNC2CC2)CC1. The van der Waals surface area contributed by atoms with Gasteiger partial charge in [-0.15, -0.1) is 0 Å². The second kappa shape index (κ2) is 3.60. The molecule has 2 heteroatoms. The Morgan fingerprint density at radius 2 is 2.00 bits per heavy atom. The Balaban J connectivity index is 1.76. The molecule has 1 N–H and O–H groups in total. The monoisotopic (exact) mass is 265 g/mol. The normalized spacial score (nSPS) is 22.7. The zero-order valence-corrected chi connectivity index (χ0v) is 10.4. The second-order valence-electron chi connectivity index (χ2n) is 4.92. The molecular weight excluding hydrogens is 250 g/mol. The van der Waals surface area contributed by atoms with Crippen molar-refractivity contribution >= 4 is 15.9 Å². The first-order valence-electron chi connectivity index (χ1n) is 5.79. The van der Waals surface area contributed by atoms with Crippen LogP contribution in [0.25, 0.3) is 0 Å². The van der Waals surface area contributed by atoms with E-state index >= 15 is 0 Å². The van der Waals surface area contributed by atoms with Gasteiger partial charge in [-0.05, 0) is 37.3 Å². The molecule has 80 valence electrons. The Morgan fingerprint density at radius 1 is 1.27 bits per heavy atom. The zero-order chi connectivity index (χ0) is 10.3. The van der Waals surface area contributed by atoms with Crippen LogP contribution in [0.1, 0.15) is 31.2 Å². The van der Waals surface area contributed by atoms with Crippen molar-refractivity contribution in [2.24, 2.45) is 0 Å². The van der Waals surface area contributed by atoms with Gasteiger partial charge in [-0.25, -0.2) is 0 Å². The van der Waals surface area contributed by atoms with Gasteiger partial charge in [0.15, 0.2) is 0 Å². The molecule has 1 nitrogen and oxygen atoms in total. The van der Waals surface area contributed by atoms with Gasteiger partial charge >= 0.3 is 0 Å². The maximum atomic E-state index is 3.67. The third-order valence-corrected chi connectivity index (χ3v) is 4.30. The molecule has 0 spiro atoms. The Hall–Kier alpha value is -0.340. The van der Waals surface area contributed by atoms with Crippen LogP contribution < -0.4 is 5.32 Å². The van der Waals surface area contributed by atoms with Crippen LogP contribution in [0.3, 0.4) is 0 Å². The van der Waals surface area contributed by atoms with Crippen molar-refractivity contribution in [3.05, 3.63) is 34.3 Å². The van der Waals surface area contributed by atoms with E-state index in [2.05, 4.69) is 45.5 Å². The average molecular weight is 266 g/mol. The third-order valence-electron chi connectivity index (χ3n) is 3.61. The smallest absolute Gasteiger partial charge is 0.0213 e. The molecule has 1 aromatic rings. The van der Waals surface area contributed by atoms with Crippen molar-refractivity contribution in [1.29, 1.82) is 0 Å². The van der Waals surface area contributed by atoms with Crippen molar-refractivity contribution in [2.45, 2.75) is 37.1 Å². The lowest BCUT2D eigenvalue weighted by molar-refractivity contribution is 0.570. The van der Waals surface area contributed by atoms with Gasteiger partial charge in [0.2, 0.25) is 0 Å². The van der Waals surface area contributed by atoms with Gasteiger partial charge < -0.3 is 5.32 Å². The summed E-state index contributed by atoms with van der Waals surface area (Å²) in [7, 11) is 0. The molecule has 15 heavy (non-hydrogen) atoms. The molecule has 2 aliphatic rings. The molecule has 0 heterocycles. The summed E-state index contributed by atoms with van der Waals surface area (Å²) in [6.07, 6.45) is 5.45. The Bertz CT molecular complexity index is 367. The third kappa shape index (κ3) is 1.98. The topological polar surface area (TPSA) is 12.0 Å². The standard InChI is InChI=1S/C13H16BrN/c14-12-4-2-1-3-11(12)13(7-8-13)9-15-10-5-6-10/h1-4,10,15H,5-9H2. The Labute approximate surface area is 99.4 Å². The number of halogens is 1. The summed E-state index contributed by atoms with van der Waals surface area (Å²) >= 11 is 3.67. The van der Waals surface area contributed by atoms with E-state index in [9.17, 15) is 0 Å². The first kappa shape index (κ1) is 9.86. The van der Waals surface area contributed by atoms with Crippen molar-refractivity contribution in [3.63, 3.8) is 0 Å². The molecule has 0 atom stereocenters. The quantitative estimate of drug-likeness (QED) is 0.882. The van der Waals surface area contributed by atoms with E-state index in [1.807, 2.05) is 0 Å². The summed E-state index contributed by atoms with van der Waals surface area (Å²) in [6.45, 7) is 1.17. The number of hydrogen-bond donors (Lipinski definition) is 1. The first-order chi connectivity index (χ1) is 7.30. The lowest BCUT2D eigenvalue weighted by Crippen LogP contribution is -2.28. The molecule has 2 saturated carbocycles. The highest BCUT2D eigenvalue weighted by Gasteiger charge is 2.45. The molecule has 0 radical (unpaired) electrons. The summed E-state index contributed by atoms with van der Waals surface area (Å²) in [5.41, 5.74) is 1.95. The van der Waals surface area contributed by atoms with Crippen LogP contribution in [-0.4, -0.2) is 12.6 Å². The van der Waals surface area contributed by atoms with Crippen molar-refractivity contribution in [1.82, 2.24) is 5.32 Å². The van der Waals surface area contributed by atoms with Crippen LogP contribution in [0, 0.1) is 0 Å². The molecule has 2 aliphatic carbocycles. The van der Waals surface area contributed by atoms with Crippen LogP contribution in [-0.2, 0) is 5.41 Å². The molecule has 0 saturated heterocycles. The van der Waals surface area contributed by atoms with Crippen molar-refractivity contribution in [2.75, 3.05) is 6.54 Å². The van der Waals surface area contributed by atoms with Gasteiger partial charge in [0.1, 0.15) is 0 Å². The lowest BCUT2D eigenvalue weighted by atomic mass is 9.96. The summed E-state index contributed by atoms with van der Waals surface area (Å²) in [4.78, 5) is 0. The van der Waals surface area contributed by atoms with Crippen LogP contribution >= 0.6 is 15.9 Å². The summed E-state index contributed by atoms with van der Waals surface area (Å²) in [5, 5.41) is 3.66.